The van der Waals surface area contributed by atoms with Crippen molar-refractivity contribution in [2.24, 2.45) is 5.92 Å². The summed E-state index contributed by atoms with van der Waals surface area (Å²) in [5.74, 6) is 1.67. The molecular formula is C19H28ClFN2O3S. The van der Waals surface area contributed by atoms with Gasteiger partial charge >= 0.3 is 0 Å². The zero-order chi connectivity index (χ0) is 19.2. The maximum Gasteiger partial charge on any atom is 0.246 e. The summed E-state index contributed by atoms with van der Waals surface area (Å²) in [6, 6.07) is 0. The maximum atomic E-state index is 13.6. The van der Waals surface area contributed by atoms with Gasteiger partial charge in [0.05, 0.1) is 16.7 Å². The molecule has 0 spiro atoms. The minimum absolute atomic E-state index is 0.0396. The molecule has 2 bridgehead atoms. The van der Waals surface area contributed by atoms with E-state index in [1.54, 1.807) is 11.8 Å². The Bertz CT molecular complexity index is 602. The number of thioether (sulfide) groups is 1. The van der Waals surface area contributed by atoms with E-state index in [4.69, 9.17) is 16.3 Å². The van der Waals surface area contributed by atoms with Crippen LogP contribution in [0.1, 0.15) is 51.9 Å². The molecule has 4 aliphatic carbocycles. The van der Waals surface area contributed by atoms with E-state index >= 15 is 0 Å². The molecule has 8 heteroatoms. The topological polar surface area (TPSA) is 67.4 Å². The highest BCUT2D eigenvalue weighted by molar-refractivity contribution is 8.00. The molecule has 5 rings (SSSR count). The molecule has 0 radical (unpaired) electrons. The summed E-state index contributed by atoms with van der Waals surface area (Å²) in [5, 5.41) is 5.91. The number of hydrogen-bond donors (Lipinski definition) is 2. The van der Waals surface area contributed by atoms with Gasteiger partial charge in [-0.1, -0.05) is 6.92 Å². The van der Waals surface area contributed by atoms with E-state index < -0.39 is 11.5 Å². The fraction of sp³-hybridized carbons (Fsp3) is 0.895. The molecule has 0 aromatic heterocycles. The SMILES string of the molecule is CC1CSC(C(=O)NC23CC(NC(=O)COC4CCC(Cl)C(F)C4)(C2)C3)C1. The van der Waals surface area contributed by atoms with Gasteiger partial charge in [0.2, 0.25) is 11.8 Å². The van der Waals surface area contributed by atoms with Gasteiger partial charge in [-0.05, 0) is 50.2 Å². The van der Waals surface area contributed by atoms with Crippen molar-refractivity contribution in [3.63, 3.8) is 0 Å². The Morgan fingerprint density at radius 2 is 1.89 bits per heavy atom. The Labute approximate surface area is 168 Å². The van der Waals surface area contributed by atoms with Crippen LogP contribution >= 0.6 is 23.4 Å². The van der Waals surface area contributed by atoms with Crippen LogP contribution in [0.2, 0.25) is 0 Å². The molecule has 5 atom stereocenters. The molecular weight excluding hydrogens is 391 g/mol. The van der Waals surface area contributed by atoms with E-state index in [0.717, 1.165) is 31.4 Å². The third-order valence-electron chi connectivity index (χ3n) is 6.41. The predicted octanol–water partition coefficient (Wildman–Crippen LogP) is 2.55. The molecule has 1 aliphatic heterocycles. The van der Waals surface area contributed by atoms with Crippen molar-refractivity contribution in [3.8, 4) is 0 Å². The van der Waals surface area contributed by atoms with Gasteiger partial charge in [0, 0.05) is 17.5 Å². The Balaban J connectivity index is 1.15. The predicted molar refractivity (Wildman–Crippen MR) is 104 cm³/mol. The van der Waals surface area contributed by atoms with Crippen LogP contribution in [0.15, 0.2) is 0 Å². The van der Waals surface area contributed by atoms with E-state index in [1.807, 2.05) is 0 Å². The standard InChI is InChI=1S/C19H28ClFN2O3S/c1-11-4-15(27-7-11)17(25)23-19-8-18(9-19,10-19)22-16(24)6-26-12-2-3-13(20)14(21)5-12/h11-15H,2-10H2,1H3,(H,22,24)(H,23,25). The second-order valence-electron chi connectivity index (χ2n) is 9.07. The third kappa shape index (κ3) is 4.10. The number of nitrogens with one attached hydrogen (secondary N) is 2. The van der Waals surface area contributed by atoms with Crippen LogP contribution < -0.4 is 10.6 Å². The first-order valence-corrected chi connectivity index (χ1v) is 11.4. The van der Waals surface area contributed by atoms with Gasteiger partial charge in [0.25, 0.3) is 0 Å². The summed E-state index contributed by atoms with van der Waals surface area (Å²) < 4.78 is 19.2. The molecule has 2 N–H and O–H groups in total. The minimum Gasteiger partial charge on any atom is -0.368 e. The largest absolute Gasteiger partial charge is 0.368 e. The number of rotatable bonds is 6. The van der Waals surface area contributed by atoms with Crippen LogP contribution in [0.3, 0.4) is 0 Å². The number of carbonyl (C=O) groups excluding carboxylic acids is 2. The molecule has 0 aromatic carbocycles. The summed E-state index contributed by atoms with van der Waals surface area (Å²) in [6.45, 7) is 2.14. The van der Waals surface area contributed by atoms with Crippen molar-refractivity contribution < 1.29 is 18.7 Å². The Kier molecular flexibility index (Phi) is 5.40. The molecule has 152 valence electrons. The van der Waals surface area contributed by atoms with Crippen LogP contribution in [0.5, 0.6) is 0 Å². The first-order chi connectivity index (χ1) is 12.8. The first kappa shape index (κ1) is 19.8. The van der Waals surface area contributed by atoms with Crippen LogP contribution in [-0.2, 0) is 14.3 Å². The van der Waals surface area contributed by atoms with Gasteiger partial charge in [-0.3, -0.25) is 9.59 Å². The first-order valence-electron chi connectivity index (χ1n) is 9.93. The lowest BCUT2D eigenvalue weighted by Crippen LogP contribution is -2.84. The zero-order valence-corrected chi connectivity index (χ0v) is 17.2. The lowest BCUT2D eigenvalue weighted by molar-refractivity contribution is -0.153. The average molecular weight is 419 g/mol. The number of halogens is 2. The van der Waals surface area contributed by atoms with Gasteiger partial charge < -0.3 is 15.4 Å². The van der Waals surface area contributed by atoms with E-state index in [9.17, 15) is 14.0 Å². The Hall–Kier alpha value is -0.530. The third-order valence-corrected chi connectivity index (χ3v) is 8.47. The van der Waals surface area contributed by atoms with Crippen LogP contribution in [0, 0.1) is 5.92 Å². The van der Waals surface area contributed by atoms with Gasteiger partial charge in [-0.2, -0.15) is 0 Å². The molecule has 1 saturated heterocycles. The molecule has 5 aliphatic rings. The second kappa shape index (κ2) is 7.38. The van der Waals surface area contributed by atoms with Crippen LogP contribution in [0.25, 0.3) is 0 Å². The molecule has 5 unspecified atom stereocenters. The Morgan fingerprint density at radius 1 is 1.19 bits per heavy atom. The number of amides is 2. The normalized spacial score (nSPS) is 45.5. The van der Waals surface area contributed by atoms with Crippen molar-refractivity contribution in [1.29, 1.82) is 0 Å². The summed E-state index contributed by atoms with van der Waals surface area (Å²) in [5.41, 5.74) is -0.294. The Morgan fingerprint density at radius 3 is 2.52 bits per heavy atom. The van der Waals surface area contributed by atoms with Gasteiger partial charge in [-0.25, -0.2) is 4.39 Å². The van der Waals surface area contributed by atoms with E-state index in [1.165, 1.54) is 0 Å². The molecule has 4 saturated carbocycles. The van der Waals surface area contributed by atoms with Crippen LogP contribution in [0.4, 0.5) is 4.39 Å². The highest BCUT2D eigenvalue weighted by atomic mass is 35.5. The lowest BCUT2D eigenvalue weighted by atomic mass is 9.44. The maximum absolute atomic E-state index is 13.6. The van der Waals surface area contributed by atoms with Crippen molar-refractivity contribution in [3.05, 3.63) is 0 Å². The minimum atomic E-state index is -1.06. The molecule has 2 amide bonds. The van der Waals surface area contributed by atoms with Gasteiger partial charge in [-0.15, -0.1) is 23.4 Å². The molecule has 27 heavy (non-hydrogen) atoms. The summed E-state index contributed by atoms with van der Waals surface area (Å²) >= 11 is 7.62. The molecule has 1 heterocycles. The monoisotopic (exact) mass is 418 g/mol. The van der Waals surface area contributed by atoms with Crippen molar-refractivity contribution in [2.75, 3.05) is 12.4 Å². The number of hydrogen-bond acceptors (Lipinski definition) is 4. The van der Waals surface area contributed by atoms with Gasteiger partial charge in [0.15, 0.2) is 0 Å². The van der Waals surface area contributed by atoms with Crippen molar-refractivity contribution in [2.45, 2.75) is 85.9 Å². The summed E-state index contributed by atoms with van der Waals surface area (Å²) in [7, 11) is 0. The van der Waals surface area contributed by atoms with Crippen LogP contribution in [-0.4, -0.2) is 58.2 Å². The highest BCUT2D eigenvalue weighted by Crippen LogP contribution is 2.60. The number of ether oxygens (including phenoxy) is 1. The van der Waals surface area contributed by atoms with Crippen molar-refractivity contribution >= 4 is 35.2 Å². The zero-order valence-electron chi connectivity index (χ0n) is 15.6. The molecule has 0 aromatic rings. The fourth-order valence-electron chi connectivity index (χ4n) is 5.08. The van der Waals surface area contributed by atoms with E-state index in [0.29, 0.717) is 18.8 Å². The number of carbonyl (C=O) groups is 2. The second-order valence-corrected chi connectivity index (χ2v) is 10.9. The fourth-order valence-corrected chi connectivity index (χ4v) is 6.68. The smallest absolute Gasteiger partial charge is 0.246 e. The average Bonchev–Trinajstić information content (AvgIpc) is 2.99. The van der Waals surface area contributed by atoms with E-state index in [2.05, 4.69) is 17.6 Å². The molecule has 5 nitrogen and oxygen atoms in total. The summed E-state index contributed by atoms with van der Waals surface area (Å²) in [4.78, 5) is 24.6. The molecule has 5 fully saturated rings. The number of alkyl halides is 2. The highest BCUT2D eigenvalue weighted by Gasteiger charge is 2.69. The summed E-state index contributed by atoms with van der Waals surface area (Å²) in [6.07, 6.45) is 3.61. The quantitative estimate of drug-likeness (QED) is 0.650. The van der Waals surface area contributed by atoms with Crippen molar-refractivity contribution in [1.82, 2.24) is 10.6 Å². The lowest BCUT2D eigenvalue weighted by Gasteiger charge is -2.70. The van der Waals surface area contributed by atoms with Gasteiger partial charge in [0.1, 0.15) is 12.8 Å². The van der Waals surface area contributed by atoms with E-state index in [-0.39, 0.29) is 47.3 Å².